The van der Waals surface area contributed by atoms with Crippen LogP contribution in [0.2, 0.25) is 0 Å². The van der Waals surface area contributed by atoms with E-state index in [-0.39, 0.29) is 0 Å². The molecule has 2 heteroatoms. The van der Waals surface area contributed by atoms with E-state index in [0.29, 0.717) is 6.04 Å². The smallest absolute Gasteiger partial charge is 0.0240 e. The number of aryl methyl sites for hydroxylation is 2. The Morgan fingerprint density at radius 1 is 0.690 bits per heavy atom. The Labute approximate surface area is 176 Å². The molecule has 3 rings (SSSR count). The minimum Gasteiger partial charge on any atom is -0.308 e. The van der Waals surface area contributed by atoms with Crippen molar-refractivity contribution >= 4 is 0 Å². The number of likely N-dealkylation sites (N-methyl/N-ethyl adjacent to an activating group) is 1. The van der Waals surface area contributed by atoms with Crippen molar-refractivity contribution in [1.29, 1.82) is 0 Å². The molecular formula is C27H34N2. The average molecular weight is 387 g/mol. The monoisotopic (exact) mass is 386 g/mol. The zero-order valence-corrected chi connectivity index (χ0v) is 18.1. The van der Waals surface area contributed by atoms with Crippen LogP contribution in [0.15, 0.2) is 84.9 Å². The molecule has 0 amide bonds. The van der Waals surface area contributed by atoms with E-state index in [0.717, 1.165) is 32.5 Å². The van der Waals surface area contributed by atoms with Gasteiger partial charge in [-0.25, -0.2) is 0 Å². The molecule has 0 N–H and O–H groups in total. The van der Waals surface area contributed by atoms with E-state index in [1.54, 1.807) is 0 Å². The summed E-state index contributed by atoms with van der Waals surface area (Å²) in [4.78, 5) is 4.98. The zero-order valence-electron chi connectivity index (χ0n) is 18.1. The largest absolute Gasteiger partial charge is 0.308 e. The summed E-state index contributed by atoms with van der Waals surface area (Å²) in [6.07, 6.45) is 2.26. The van der Waals surface area contributed by atoms with Gasteiger partial charge < -0.3 is 4.90 Å². The number of benzene rings is 3. The molecule has 0 aromatic heterocycles. The summed E-state index contributed by atoms with van der Waals surface area (Å²) >= 11 is 0. The number of hydrogen-bond donors (Lipinski definition) is 0. The first-order chi connectivity index (χ1) is 14.1. The third-order valence-electron chi connectivity index (χ3n) is 5.40. The predicted octanol–water partition coefficient (Wildman–Crippen LogP) is 5.56. The molecule has 3 aromatic rings. The van der Waals surface area contributed by atoms with Gasteiger partial charge in [-0.05, 0) is 50.6 Å². The molecule has 152 valence electrons. The predicted molar refractivity (Wildman–Crippen MR) is 124 cm³/mol. The van der Waals surface area contributed by atoms with Crippen LogP contribution in [0.1, 0.15) is 28.7 Å². The molecule has 3 aromatic carbocycles. The molecule has 2 nitrogen and oxygen atoms in total. The Bertz CT molecular complexity index is 843. The topological polar surface area (TPSA) is 6.48 Å². The summed E-state index contributed by atoms with van der Waals surface area (Å²) in [7, 11) is 4.37. The summed E-state index contributed by atoms with van der Waals surface area (Å²) in [5.41, 5.74) is 5.52. The van der Waals surface area contributed by atoms with Crippen molar-refractivity contribution in [3.8, 4) is 0 Å². The van der Waals surface area contributed by atoms with E-state index in [1.807, 2.05) is 0 Å². The lowest BCUT2D eigenvalue weighted by molar-refractivity contribution is 0.138. The average Bonchev–Trinajstić information content (AvgIpc) is 2.72. The van der Waals surface area contributed by atoms with Gasteiger partial charge in [-0.1, -0.05) is 90.5 Å². The highest BCUT2D eigenvalue weighted by Crippen LogP contribution is 2.19. The van der Waals surface area contributed by atoms with Gasteiger partial charge in [-0.3, -0.25) is 4.90 Å². The second-order valence-corrected chi connectivity index (χ2v) is 8.32. The van der Waals surface area contributed by atoms with Gasteiger partial charge in [-0.2, -0.15) is 0 Å². The number of nitrogens with zero attached hydrogens (tertiary/aromatic N) is 2. The Morgan fingerprint density at radius 3 is 1.90 bits per heavy atom. The summed E-state index contributed by atoms with van der Waals surface area (Å²) in [6.45, 7) is 5.19. The molecule has 0 bridgehead atoms. The maximum atomic E-state index is 2.66. The Hall–Kier alpha value is -2.42. The van der Waals surface area contributed by atoms with Crippen molar-refractivity contribution in [2.45, 2.75) is 38.9 Å². The molecule has 0 radical (unpaired) electrons. The lowest BCUT2D eigenvalue weighted by Gasteiger charge is -2.34. The standard InChI is InChI=1S/C27H34N2/c1-23-11-10-16-26(19-23)21-29(20-25-14-8-5-9-15-25)27(22-28(2)3)18-17-24-12-6-4-7-13-24/h4-16,19,27H,17-18,20-22H2,1-3H3/t27-/m0/s1. The maximum absolute atomic E-state index is 2.66. The van der Waals surface area contributed by atoms with E-state index in [1.165, 1.54) is 22.3 Å². The van der Waals surface area contributed by atoms with E-state index >= 15 is 0 Å². The minimum atomic E-state index is 0.492. The van der Waals surface area contributed by atoms with Crippen LogP contribution in [-0.4, -0.2) is 36.5 Å². The molecule has 0 aliphatic carbocycles. The van der Waals surface area contributed by atoms with E-state index in [4.69, 9.17) is 0 Å². The van der Waals surface area contributed by atoms with Gasteiger partial charge in [0, 0.05) is 25.7 Å². The van der Waals surface area contributed by atoms with Crippen molar-refractivity contribution in [1.82, 2.24) is 9.80 Å². The van der Waals surface area contributed by atoms with Gasteiger partial charge in [0.05, 0.1) is 0 Å². The first kappa shape index (κ1) is 21.3. The molecule has 0 aliphatic rings. The third kappa shape index (κ3) is 7.16. The second-order valence-electron chi connectivity index (χ2n) is 8.32. The fraction of sp³-hybridized carbons (Fsp3) is 0.333. The fourth-order valence-electron chi connectivity index (χ4n) is 3.97. The summed E-state index contributed by atoms with van der Waals surface area (Å²) in [6, 6.07) is 31.2. The first-order valence-electron chi connectivity index (χ1n) is 10.6. The van der Waals surface area contributed by atoms with Gasteiger partial charge in [0.2, 0.25) is 0 Å². The molecule has 1 atom stereocenters. The van der Waals surface area contributed by atoms with Crippen LogP contribution in [-0.2, 0) is 19.5 Å². The van der Waals surface area contributed by atoms with Gasteiger partial charge in [0.25, 0.3) is 0 Å². The third-order valence-corrected chi connectivity index (χ3v) is 5.40. The van der Waals surface area contributed by atoms with Crippen LogP contribution in [0.25, 0.3) is 0 Å². The fourth-order valence-corrected chi connectivity index (χ4v) is 3.97. The second kappa shape index (κ2) is 10.9. The molecule has 29 heavy (non-hydrogen) atoms. The van der Waals surface area contributed by atoms with E-state index < -0.39 is 0 Å². The first-order valence-corrected chi connectivity index (χ1v) is 10.6. The lowest BCUT2D eigenvalue weighted by Crippen LogP contribution is -2.41. The molecule has 0 aliphatic heterocycles. The molecule has 0 spiro atoms. The highest BCUT2D eigenvalue weighted by Gasteiger charge is 2.20. The normalized spacial score (nSPS) is 12.4. The van der Waals surface area contributed by atoms with Crippen LogP contribution in [0.3, 0.4) is 0 Å². The van der Waals surface area contributed by atoms with Crippen LogP contribution < -0.4 is 0 Å². The van der Waals surface area contributed by atoms with Gasteiger partial charge in [-0.15, -0.1) is 0 Å². The van der Waals surface area contributed by atoms with Crippen LogP contribution in [0.4, 0.5) is 0 Å². The number of rotatable bonds is 10. The highest BCUT2D eigenvalue weighted by atomic mass is 15.2. The van der Waals surface area contributed by atoms with Crippen molar-refractivity contribution < 1.29 is 0 Å². The van der Waals surface area contributed by atoms with E-state index in [9.17, 15) is 0 Å². The van der Waals surface area contributed by atoms with E-state index in [2.05, 4.69) is 116 Å². The van der Waals surface area contributed by atoms with Crippen LogP contribution in [0, 0.1) is 6.92 Å². The van der Waals surface area contributed by atoms with Gasteiger partial charge in [0.1, 0.15) is 0 Å². The number of hydrogen-bond acceptors (Lipinski definition) is 2. The summed E-state index contributed by atoms with van der Waals surface area (Å²) in [5, 5.41) is 0. The van der Waals surface area contributed by atoms with Crippen LogP contribution >= 0.6 is 0 Å². The maximum Gasteiger partial charge on any atom is 0.0240 e. The van der Waals surface area contributed by atoms with Crippen molar-refractivity contribution in [3.63, 3.8) is 0 Å². The SMILES string of the molecule is Cc1cccc(CN(Cc2ccccc2)[C@@H](CCc2ccccc2)CN(C)C)c1. The molecule has 0 saturated carbocycles. The molecular weight excluding hydrogens is 352 g/mol. The Morgan fingerprint density at radius 2 is 1.28 bits per heavy atom. The van der Waals surface area contributed by atoms with Gasteiger partial charge in [0.15, 0.2) is 0 Å². The Kier molecular flexibility index (Phi) is 8.03. The van der Waals surface area contributed by atoms with Crippen LogP contribution in [0.5, 0.6) is 0 Å². The highest BCUT2D eigenvalue weighted by molar-refractivity contribution is 5.23. The van der Waals surface area contributed by atoms with Crippen molar-refractivity contribution in [2.75, 3.05) is 20.6 Å². The van der Waals surface area contributed by atoms with Gasteiger partial charge >= 0.3 is 0 Å². The molecule has 0 saturated heterocycles. The Balaban J connectivity index is 1.81. The zero-order chi connectivity index (χ0) is 20.5. The minimum absolute atomic E-state index is 0.492. The van der Waals surface area contributed by atoms with Crippen molar-refractivity contribution in [2.24, 2.45) is 0 Å². The molecule has 0 unspecified atom stereocenters. The molecule has 0 heterocycles. The quantitative estimate of drug-likeness (QED) is 0.450. The van der Waals surface area contributed by atoms with Crippen molar-refractivity contribution in [3.05, 3.63) is 107 Å². The summed E-state index contributed by atoms with van der Waals surface area (Å²) < 4.78 is 0. The summed E-state index contributed by atoms with van der Waals surface area (Å²) in [5.74, 6) is 0. The lowest BCUT2D eigenvalue weighted by atomic mass is 10.0. The molecule has 0 fully saturated rings.